The van der Waals surface area contributed by atoms with Gasteiger partial charge in [0.25, 0.3) is 0 Å². The lowest BCUT2D eigenvalue weighted by Gasteiger charge is -2.32. The molecule has 0 aromatic carbocycles. The minimum atomic E-state index is 0.446. The number of ether oxygens (including phenoxy) is 1. The highest BCUT2D eigenvalue weighted by Crippen LogP contribution is 2.38. The predicted molar refractivity (Wildman–Crippen MR) is 66.4 cm³/mol. The Hall–Kier alpha value is -0.120. The van der Waals surface area contributed by atoms with Gasteiger partial charge in [-0.2, -0.15) is 0 Å². The van der Waals surface area contributed by atoms with Crippen LogP contribution in [0.15, 0.2) is 0 Å². The van der Waals surface area contributed by atoms with Gasteiger partial charge in [0.05, 0.1) is 6.61 Å². The topological polar surface area (TPSA) is 38.5 Å². The minimum Gasteiger partial charge on any atom is -0.384 e. The lowest BCUT2D eigenvalue weighted by atomic mass is 9.86. The van der Waals surface area contributed by atoms with E-state index in [0.717, 1.165) is 19.1 Å². The molecule has 94 valence electrons. The maximum Gasteiger partial charge on any atom is 0.0503 e. The Bertz CT molecular complexity index is 214. The molecule has 0 amide bonds. The molecule has 2 N–H and O–H groups in total. The molecule has 1 heterocycles. The summed E-state index contributed by atoms with van der Waals surface area (Å²) in [5.74, 6) is 0.751. The van der Waals surface area contributed by atoms with Gasteiger partial charge in [-0.15, -0.1) is 0 Å². The van der Waals surface area contributed by atoms with Crippen LogP contribution in [-0.4, -0.2) is 44.8 Å². The summed E-state index contributed by atoms with van der Waals surface area (Å²) in [4.78, 5) is 2.61. The van der Waals surface area contributed by atoms with Gasteiger partial charge in [0, 0.05) is 20.2 Å². The Morgan fingerprint density at radius 1 is 1.38 bits per heavy atom. The highest BCUT2D eigenvalue weighted by molar-refractivity contribution is 4.90. The first-order chi connectivity index (χ1) is 7.78. The van der Waals surface area contributed by atoms with Crippen LogP contribution >= 0.6 is 0 Å². The van der Waals surface area contributed by atoms with Gasteiger partial charge in [0.1, 0.15) is 0 Å². The summed E-state index contributed by atoms with van der Waals surface area (Å²) in [6.07, 6.45) is 6.75. The summed E-state index contributed by atoms with van der Waals surface area (Å²) in [5, 5.41) is 0. The van der Waals surface area contributed by atoms with Crippen LogP contribution in [0, 0.1) is 11.3 Å². The predicted octanol–water partition coefficient (Wildman–Crippen LogP) is 1.47. The van der Waals surface area contributed by atoms with E-state index in [1.165, 1.54) is 51.7 Å². The summed E-state index contributed by atoms with van der Waals surface area (Å²) in [6.45, 7) is 5.49. The summed E-state index contributed by atoms with van der Waals surface area (Å²) in [6, 6.07) is 0. The zero-order valence-corrected chi connectivity index (χ0v) is 10.6. The molecule has 1 aliphatic carbocycles. The molecular formula is C13H26N2O. The number of hydrogen-bond donors (Lipinski definition) is 1. The van der Waals surface area contributed by atoms with Gasteiger partial charge < -0.3 is 15.4 Å². The van der Waals surface area contributed by atoms with Crippen molar-refractivity contribution in [1.29, 1.82) is 0 Å². The van der Waals surface area contributed by atoms with Crippen LogP contribution < -0.4 is 5.73 Å². The monoisotopic (exact) mass is 226 g/mol. The van der Waals surface area contributed by atoms with Crippen molar-refractivity contribution >= 4 is 0 Å². The van der Waals surface area contributed by atoms with Gasteiger partial charge in [-0.25, -0.2) is 0 Å². The maximum absolute atomic E-state index is 5.99. The molecule has 2 fully saturated rings. The third kappa shape index (κ3) is 2.76. The van der Waals surface area contributed by atoms with Crippen LogP contribution in [-0.2, 0) is 4.74 Å². The van der Waals surface area contributed by atoms with E-state index in [4.69, 9.17) is 10.5 Å². The van der Waals surface area contributed by atoms with Gasteiger partial charge in [0.2, 0.25) is 0 Å². The molecule has 0 bridgehead atoms. The molecule has 3 heteroatoms. The molecule has 1 atom stereocenters. The average molecular weight is 226 g/mol. The highest BCUT2D eigenvalue weighted by Gasteiger charge is 2.36. The fourth-order valence-corrected chi connectivity index (χ4v) is 3.45. The molecule has 0 radical (unpaired) electrons. The number of nitrogens with zero attached hydrogens (tertiary/aromatic N) is 1. The largest absolute Gasteiger partial charge is 0.384 e. The Labute approximate surface area is 99.3 Å². The normalized spacial score (nSPS) is 30.0. The van der Waals surface area contributed by atoms with Crippen LogP contribution in [0.4, 0.5) is 0 Å². The fourth-order valence-electron chi connectivity index (χ4n) is 3.45. The quantitative estimate of drug-likeness (QED) is 0.771. The third-order valence-electron chi connectivity index (χ3n) is 4.43. The highest BCUT2D eigenvalue weighted by atomic mass is 16.5. The van der Waals surface area contributed by atoms with E-state index < -0.39 is 0 Å². The molecule has 1 saturated carbocycles. The van der Waals surface area contributed by atoms with Gasteiger partial charge in [0.15, 0.2) is 0 Å². The van der Waals surface area contributed by atoms with Crippen molar-refractivity contribution in [3.63, 3.8) is 0 Å². The van der Waals surface area contributed by atoms with E-state index in [1.807, 2.05) is 0 Å². The molecule has 1 unspecified atom stereocenters. The van der Waals surface area contributed by atoms with Crippen molar-refractivity contribution in [3.05, 3.63) is 0 Å². The van der Waals surface area contributed by atoms with Gasteiger partial charge in [-0.1, -0.05) is 12.8 Å². The van der Waals surface area contributed by atoms with Crippen LogP contribution in [0.1, 0.15) is 32.1 Å². The fraction of sp³-hybridized carbons (Fsp3) is 1.00. The first kappa shape index (κ1) is 12.3. The van der Waals surface area contributed by atoms with Gasteiger partial charge in [-0.3, -0.25) is 0 Å². The lowest BCUT2D eigenvalue weighted by Crippen LogP contribution is -2.40. The Morgan fingerprint density at radius 3 is 2.75 bits per heavy atom. The minimum absolute atomic E-state index is 0.446. The molecule has 3 nitrogen and oxygen atoms in total. The first-order valence-electron chi connectivity index (χ1n) is 6.69. The van der Waals surface area contributed by atoms with E-state index in [1.54, 1.807) is 7.11 Å². The Balaban J connectivity index is 1.81. The van der Waals surface area contributed by atoms with E-state index in [2.05, 4.69) is 4.90 Å². The van der Waals surface area contributed by atoms with E-state index in [-0.39, 0.29) is 0 Å². The number of rotatable bonds is 5. The molecule has 1 saturated heterocycles. The Kier molecular flexibility index (Phi) is 4.22. The smallest absolute Gasteiger partial charge is 0.0503 e. The second-order valence-corrected chi connectivity index (χ2v) is 5.76. The Morgan fingerprint density at radius 2 is 2.12 bits per heavy atom. The molecule has 0 spiro atoms. The number of likely N-dealkylation sites (tertiary alicyclic amines) is 1. The summed E-state index contributed by atoms with van der Waals surface area (Å²) < 4.78 is 5.24. The van der Waals surface area contributed by atoms with Crippen LogP contribution in [0.3, 0.4) is 0 Å². The number of nitrogens with two attached hydrogens (primary N) is 1. The van der Waals surface area contributed by atoms with E-state index in [0.29, 0.717) is 5.41 Å². The zero-order chi connectivity index (χ0) is 11.4. The summed E-state index contributed by atoms with van der Waals surface area (Å²) in [7, 11) is 1.81. The van der Waals surface area contributed by atoms with Crippen LogP contribution in [0.2, 0.25) is 0 Å². The second kappa shape index (κ2) is 5.48. The number of hydrogen-bond acceptors (Lipinski definition) is 3. The number of methoxy groups -OCH3 is 1. The molecule has 1 aliphatic heterocycles. The van der Waals surface area contributed by atoms with Crippen molar-refractivity contribution in [2.45, 2.75) is 32.1 Å². The van der Waals surface area contributed by atoms with Crippen molar-refractivity contribution < 1.29 is 4.74 Å². The summed E-state index contributed by atoms with van der Waals surface area (Å²) >= 11 is 0. The molecule has 0 aromatic rings. The third-order valence-corrected chi connectivity index (χ3v) is 4.43. The van der Waals surface area contributed by atoms with Crippen molar-refractivity contribution in [2.24, 2.45) is 17.1 Å². The lowest BCUT2D eigenvalue weighted by molar-refractivity contribution is 0.140. The molecule has 16 heavy (non-hydrogen) atoms. The summed E-state index contributed by atoms with van der Waals surface area (Å²) in [5.41, 5.74) is 6.44. The standard InChI is InChI=1S/C13H26N2O/c1-16-9-12-4-7-15(8-12)11-13(10-14)5-2-3-6-13/h12H,2-11,14H2,1H3. The van der Waals surface area contributed by atoms with Crippen molar-refractivity contribution in [2.75, 3.05) is 39.9 Å². The van der Waals surface area contributed by atoms with E-state index >= 15 is 0 Å². The van der Waals surface area contributed by atoms with Crippen molar-refractivity contribution in [1.82, 2.24) is 4.90 Å². The molecule has 0 aromatic heterocycles. The van der Waals surface area contributed by atoms with Crippen molar-refractivity contribution in [3.8, 4) is 0 Å². The van der Waals surface area contributed by atoms with Gasteiger partial charge >= 0.3 is 0 Å². The molecule has 2 aliphatic rings. The van der Waals surface area contributed by atoms with Crippen LogP contribution in [0.5, 0.6) is 0 Å². The van der Waals surface area contributed by atoms with E-state index in [9.17, 15) is 0 Å². The zero-order valence-electron chi connectivity index (χ0n) is 10.6. The SMILES string of the molecule is COCC1CCN(CC2(CN)CCCC2)C1. The first-order valence-corrected chi connectivity index (χ1v) is 6.69. The molecule has 2 rings (SSSR count). The van der Waals surface area contributed by atoms with Gasteiger partial charge in [-0.05, 0) is 43.7 Å². The average Bonchev–Trinajstić information content (AvgIpc) is 2.90. The maximum atomic E-state index is 5.99. The molecular weight excluding hydrogens is 200 g/mol. The van der Waals surface area contributed by atoms with Crippen LogP contribution in [0.25, 0.3) is 0 Å². The second-order valence-electron chi connectivity index (χ2n) is 5.76.